The molecule has 6 nitrogen and oxygen atoms in total. The molecule has 2 fully saturated rings. The van der Waals surface area contributed by atoms with Gasteiger partial charge in [0.1, 0.15) is 6.10 Å². The average molecular weight is 304 g/mol. The standard InChI is InChI=1S/C15H28O6/c1-13(2,16)20-11(12-9-18-15(5,6)21-12)7-10-8-17-14(3,4)19-10/h10-12,16H,7-9H2,1-6H3/t10-,11-,12+/m0/s1. The maximum absolute atomic E-state index is 9.96. The van der Waals surface area contributed by atoms with Crippen molar-refractivity contribution in [3.8, 4) is 0 Å². The van der Waals surface area contributed by atoms with Crippen molar-refractivity contribution in [3.05, 3.63) is 0 Å². The van der Waals surface area contributed by atoms with Crippen molar-refractivity contribution in [2.45, 2.75) is 83.6 Å². The van der Waals surface area contributed by atoms with Gasteiger partial charge in [-0.15, -0.1) is 0 Å². The summed E-state index contributed by atoms with van der Waals surface area (Å²) in [4.78, 5) is 0. The molecule has 2 rings (SSSR count). The molecule has 2 saturated heterocycles. The number of aliphatic hydroxyl groups is 1. The molecule has 0 aliphatic carbocycles. The van der Waals surface area contributed by atoms with Crippen LogP contribution in [-0.2, 0) is 23.7 Å². The summed E-state index contributed by atoms with van der Waals surface area (Å²) >= 11 is 0. The van der Waals surface area contributed by atoms with Crippen molar-refractivity contribution in [1.82, 2.24) is 0 Å². The van der Waals surface area contributed by atoms with Crippen molar-refractivity contribution < 1.29 is 28.8 Å². The van der Waals surface area contributed by atoms with Crippen molar-refractivity contribution in [1.29, 1.82) is 0 Å². The first kappa shape index (κ1) is 17.1. The lowest BCUT2D eigenvalue weighted by molar-refractivity contribution is -0.241. The number of ether oxygens (including phenoxy) is 5. The molecule has 0 bridgehead atoms. The monoisotopic (exact) mass is 304 g/mol. The van der Waals surface area contributed by atoms with Gasteiger partial charge < -0.3 is 28.8 Å². The number of hydrogen-bond acceptors (Lipinski definition) is 6. The fourth-order valence-electron chi connectivity index (χ4n) is 2.68. The summed E-state index contributed by atoms with van der Waals surface area (Å²) < 4.78 is 28.6. The van der Waals surface area contributed by atoms with Crippen LogP contribution in [0.3, 0.4) is 0 Å². The molecule has 0 unspecified atom stereocenters. The molecule has 2 heterocycles. The van der Waals surface area contributed by atoms with Gasteiger partial charge in [-0.05, 0) is 41.5 Å². The van der Waals surface area contributed by atoms with Crippen LogP contribution in [-0.4, -0.2) is 54.0 Å². The highest BCUT2D eigenvalue weighted by molar-refractivity contribution is 4.84. The molecule has 2 aliphatic heterocycles. The predicted molar refractivity (Wildman–Crippen MR) is 75.6 cm³/mol. The second kappa shape index (κ2) is 5.76. The summed E-state index contributed by atoms with van der Waals surface area (Å²) in [6.45, 7) is 11.7. The van der Waals surface area contributed by atoms with Gasteiger partial charge in [0.05, 0.1) is 25.4 Å². The summed E-state index contributed by atoms with van der Waals surface area (Å²) in [7, 11) is 0. The Morgan fingerprint density at radius 2 is 1.67 bits per heavy atom. The summed E-state index contributed by atoms with van der Waals surface area (Å²) in [6, 6.07) is 0. The van der Waals surface area contributed by atoms with E-state index in [1.54, 1.807) is 13.8 Å². The van der Waals surface area contributed by atoms with Gasteiger partial charge in [0.25, 0.3) is 0 Å². The first-order valence-corrected chi connectivity index (χ1v) is 7.50. The SMILES string of the molecule is CC(C)(O)O[C@@H](C[C@H]1COC(C)(C)O1)[C@H]1COC(C)(C)O1. The van der Waals surface area contributed by atoms with Gasteiger partial charge in [0.2, 0.25) is 0 Å². The zero-order valence-corrected chi connectivity index (χ0v) is 13.8. The topological polar surface area (TPSA) is 66.4 Å². The number of rotatable bonds is 5. The van der Waals surface area contributed by atoms with Gasteiger partial charge in [0.15, 0.2) is 17.4 Å². The molecule has 0 aromatic rings. The highest BCUT2D eigenvalue weighted by atomic mass is 16.8. The smallest absolute Gasteiger partial charge is 0.163 e. The third-order valence-corrected chi connectivity index (χ3v) is 3.45. The molecule has 3 atom stereocenters. The third-order valence-electron chi connectivity index (χ3n) is 3.45. The van der Waals surface area contributed by atoms with Crippen molar-refractivity contribution >= 4 is 0 Å². The fraction of sp³-hybridized carbons (Fsp3) is 1.00. The summed E-state index contributed by atoms with van der Waals surface area (Å²) in [5.41, 5.74) is 0. The Bertz CT molecular complexity index is 360. The van der Waals surface area contributed by atoms with Gasteiger partial charge in [-0.25, -0.2) is 0 Å². The Morgan fingerprint density at radius 3 is 2.10 bits per heavy atom. The zero-order chi connectivity index (χ0) is 15.9. The third kappa shape index (κ3) is 5.16. The Hall–Kier alpha value is -0.240. The van der Waals surface area contributed by atoms with E-state index in [0.29, 0.717) is 19.6 Å². The maximum Gasteiger partial charge on any atom is 0.163 e. The normalized spacial score (nSPS) is 33.3. The molecule has 0 aromatic heterocycles. The minimum absolute atomic E-state index is 0.0836. The lowest BCUT2D eigenvalue weighted by Crippen LogP contribution is -2.42. The van der Waals surface area contributed by atoms with Gasteiger partial charge in [-0.2, -0.15) is 0 Å². The summed E-state index contributed by atoms with van der Waals surface area (Å²) in [6.07, 6.45) is -0.0648. The largest absolute Gasteiger partial charge is 0.366 e. The van der Waals surface area contributed by atoms with Crippen LogP contribution in [0.2, 0.25) is 0 Å². The lowest BCUT2D eigenvalue weighted by atomic mass is 10.1. The Labute approximate surface area is 126 Å². The molecule has 6 heteroatoms. The first-order valence-electron chi connectivity index (χ1n) is 7.50. The van der Waals surface area contributed by atoms with E-state index >= 15 is 0 Å². The highest BCUT2D eigenvalue weighted by Crippen LogP contribution is 2.32. The minimum atomic E-state index is -1.24. The van der Waals surface area contributed by atoms with Gasteiger partial charge in [-0.3, -0.25) is 0 Å². The van der Waals surface area contributed by atoms with E-state index in [1.807, 2.05) is 27.7 Å². The molecule has 0 spiro atoms. The second-order valence-corrected chi connectivity index (χ2v) is 7.16. The van der Waals surface area contributed by atoms with Gasteiger partial charge in [-0.1, -0.05) is 0 Å². The lowest BCUT2D eigenvalue weighted by Gasteiger charge is -2.31. The van der Waals surface area contributed by atoms with Crippen LogP contribution in [0.25, 0.3) is 0 Å². The molecule has 21 heavy (non-hydrogen) atoms. The van der Waals surface area contributed by atoms with E-state index in [-0.39, 0.29) is 18.3 Å². The first-order chi connectivity index (χ1) is 9.46. The molecule has 0 radical (unpaired) electrons. The Kier molecular flexibility index (Phi) is 4.69. The Morgan fingerprint density at radius 1 is 1.10 bits per heavy atom. The van der Waals surface area contributed by atoms with Crippen LogP contribution in [0.1, 0.15) is 48.0 Å². The van der Waals surface area contributed by atoms with Crippen molar-refractivity contribution in [2.75, 3.05) is 13.2 Å². The molecular weight excluding hydrogens is 276 g/mol. The van der Waals surface area contributed by atoms with Crippen LogP contribution < -0.4 is 0 Å². The van der Waals surface area contributed by atoms with E-state index in [2.05, 4.69) is 0 Å². The van der Waals surface area contributed by atoms with Crippen LogP contribution in [0.15, 0.2) is 0 Å². The van der Waals surface area contributed by atoms with Gasteiger partial charge in [0, 0.05) is 6.42 Å². The molecular formula is C15H28O6. The van der Waals surface area contributed by atoms with Crippen molar-refractivity contribution in [3.63, 3.8) is 0 Å². The maximum atomic E-state index is 9.96. The van der Waals surface area contributed by atoms with Gasteiger partial charge >= 0.3 is 0 Å². The van der Waals surface area contributed by atoms with Crippen LogP contribution in [0, 0.1) is 0 Å². The minimum Gasteiger partial charge on any atom is -0.366 e. The predicted octanol–water partition coefficient (Wildman–Crippen LogP) is 1.79. The second-order valence-electron chi connectivity index (χ2n) is 7.16. The van der Waals surface area contributed by atoms with Crippen LogP contribution in [0.4, 0.5) is 0 Å². The van der Waals surface area contributed by atoms with E-state index in [0.717, 1.165) is 0 Å². The molecule has 1 N–H and O–H groups in total. The molecule has 0 amide bonds. The zero-order valence-electron chi connectivity index (χ0n) is 13.8. The van der Waals surface area contributed by atoms with E-state index in [9.17, 15) is 5.11 Å². The summed E-state index contributed by atoms with van der Waals surface area (Å²) in [5.74, 6) is -2.44. The number of hydrogen-bond donors (Lipinski definition) is 1. The average Bonchev–Trinajstić information content (AvgIpc) is 2.78. The van der Waals surface area contributed by atoms with E-state index in [4.69, 9.17) is 23.7 Å². The quantitative estimate of drug-likeness (QED) is 0.781. The van der Waals surface area contributed by atoms with Crippen LogP contribution in [0.5, 0.6) is 0 Å². The molecule has 0 aromatic carbocycles. The van der Waals surface area contributed by atoms with E-state index in [1.165, 1.54) is 0 Å². The van der Waals surface area contributed by atoms with Crippen molar-refractivity contribution in [2.24, 2.45) is 0 Å². The van der Waals surface area contributed by atoms with Crippen LogP contribution >= 0.6 is 0 Å². The fourth-order valence-corrected chi connectivity index (χ4v) is 2.68. The molecule has 2 aliphatic rings. The highest BCUT2D eigenvalue weighted by Gasteiger charge is 2.43. The summed E-state index contributed by atoms with van der Waals surface area (Å²) in [5, 5.41) is 9.96. The molecule has 124 valence electrons. The van der Waals surface area contributed by atoms with E-state index < -0.39 is 17.4 Å². The molecule has 0 saturated carbocycles. The Balaban J connectivity index is 2.00.